The normalized spacial score (nSPS) is 17.8. The van der Waals surface area contributed by atoms with Crippen molar-refractivity contribution in [2.75, 3.05) is 31.6 Å². The van der Waals surface area contributed by atoms with Gasteiger partial charge in [-0.1, -0.05) is 19.1 Å². The van der Waals surface area contributed by atoms with E-state index in [0.717, 1.165) is 18.2 Å². The van der Waals surface area contributed by atoms with Gasteiger partial charge in [-0.25, -0.2) is 0 Å². The Kier molecular flexibility index (Phi) is 4.06. The largest absolute Gasteiger partial charge is 0.371 e. The molecule has 0 aromatic heterocycles. The molecule has 1 radical (unpaired) electrons. The molecule has 0 atom stereocenters. The molecule has 2 rings (SSSR count). The highest BCUT2D eigenvalue weighted by Crippen LogP contribution is 2.22. The number of piperidine rings is 1. The third-order valence-corrected chi connectivity index (χ3v) is 3.89. The van der Waals surface area contributed by atoms with Gasteiger partial charge in [-0.15, -0.1) is 0 Å². The van der Waals surface area contributed by atoms with E-state index >= 15 is 0 Å². The van der Waals surface area contributed by atoms with Crippen LogP contribution in [-0.2, 0) is 0 Å². The van der Waals surface area contributed by atoms with E-state index in [-0.39, 0.29) is 0 Å². The summed E-state index contributed by atoms with van der Waals surface area (Å²) in [7, 11) is 2.23. The van der Waals surface area contributed by atoms with E-state index in [9.17, 15) is 0 Å². The van der Waals surface area contributed by atoms with Crippen LogP contribution in [0, 0.1) is 6.92 Å². The maximum Gasteiger partial charge on any atom is 0.0366 e. The van der Waals surface area contributed by atoms with Gasteiger partial charge in [0.25, 0.3) is 0 Å². The van der Waals surface area contributed by atoms with Crippen molar-refractivity contribution >= 4 is 5.69 Å². The van der Waals surface area contributed by atoms with Gasteiger partial charge < -0.3 is 9.80 Å². The third kappa shape index (κ3) is 3.01. The first-order valence-electron chi connectivity index (χ1n) is 6.58. The summed E-state index contributed by atoms with van der Waals surface area (Å²) in [6.45, 7) is 9.66. The second kappa shape index (κ2) is 5.54. The Bertz CT molecular complexity index is 336. The molecule has 1 aliphatic heterocycles. The minimum atomic E-state index is 0.767. The van der Waals surface area contributed by atoms with Gasteiger partial charge >= 0.3 is 0 Å². The lowest BCUT2D eigenvalue weighted by atomic mass is 10.0. The summed E-state index contributed by atoms with van der Waals surface area (Å²) in [4.78, 5) is 4.95. The Labute approximate surface area is 105 Å². The fraction of sp³-hybridized carbons (Fsp3) is 0.533. The zero-order valence-corrected chi connectivity index (χ0v) is 11.0. The SMILES string of the molecule is [CH2]c1ccc(N2CCC(N(C)CC)CC2)cc1. The Morgan fingerprint density at radius 3 is 2.35 bits per heavy atom. The molecule has 1 aromatic rings. The summed E-state index contributed by atoms with van der Waals surface area (Å²) in [6, 6.07) is 9.33. The lowest BCUT2D eigenvalue weighted by Crippen LogP contribution is -2.43. The van der Waals surface area contributed by atoms with Crippen LogP contribution in [-0.4, -0.2) is 37.6 Å². The first-order chi connectivity index (χ1) is 8.20. The minimum Gasteiger partial charge on any atom is -0.371 e. The Balaban J connectivity index is 1.93. The van der Waals surface area contributed by atoms with Crippen molar-refractivity contribution in [1.82, 2.24) is 4.90 Å². The van der Waals surface area contributed by atoms with E-state index in [2.05, 4.69) is 55.0 Å². The molecule has 0 unspecified atom stereocenters. The standard InChI is InChI=1S/C15H23N2/c1-4-16(3)14-9-11-17(12-10-14)15-7-5-13(2)6-8-15/h5-8,14H,2,4,9-12H2,1,3H3. The minimum absolute atomic E-state index is 0.767. The van der Waals surface area contributed by atoms with Crippen LogP contribution in [0.15, 0.2) is 24.3 Å². The van der Waals surface area contributed by atoms with Crippen molar-refractivity contribution in [1.29, 1.82) is 0 Å². The zero-order chi connectivity index (χ0) is 12.3. The molecule has 2 nitrogen and oxygen atoms in total. The molecule has 0 bridgehead atoms. The highest BCUT2D eigenvalue weighted by atomic mass is 15.2. The molecule has 0 aliphatic carbocycles. The van der Waals surface area contributed by atoms with Crippen molar-refractivity contribution in [2.45, 2.75) is 25.8 Å². The first kappa shape index (κ1) is 12.4. The molecule has 1 heterocycles. The van der Waals surface area contributed by atoms with Gasteiger partial charge in [-0.2, -0.15) is 0 Å². The number of anilines is 1. The predicted octanol–water partition coefficient (Wildman–Crippen LogP) is 2.79. The number of hydrogen-bond donors (Lipinski definition) is 0. The molecule has 1 aliphatic rings. The van der Waals surface area contributed by atoms with Gasteiger partial charge in [0.1, 0.15) is 0 Å². The fourth-order valence-electron chi connectivity index (χ4n) is 2.53. The van der Waals surface area contributed by atoms with Crippen LogP contribution in [0.25, 0.3) is 0 Å². The predicted molar refractivity (Wildman–Crippen MR) is 74.4 cm³/mol. The summed E-state index contributed by atoms with van der Waals surface area (Å²) in [5.74, 6) is 0. The molecule has 1 saturated heterocycles. The monoisotopic (exact) mass is 231 g/mol. The first-order valence-corrected chi connectivity index (χ1v) is 6.58. The molecule has 1 aromatic carbocycles. The van der Waals surface area contributed by atoms with Crippen molar-refractivity contribution in [3.05, 3.63) is 36.8 Å². The molecule has 1 fully saturated rings. The van der Waals surface area contributed by atoms with Crippen LogP contribution in [0.3, 0.4) is 0 Å². The molecular formula is C15H23N2. The smallest absolute Gasteiger partial charge is 0.0366 e. The molecule has 0 N–H and O–H groups in total. The summed E-state index contributed by atoms with van der Waals surface area (Å²) >= 11 is 0. The molecule has 17 heavy (non-hydrogen) atoms. The maximum atomic E-state index is 3.93. The van der Waals surface area contributed by atoms with E-state index in [0.29, 0.717) is 0 Å². The number of rotatable bonds is 3. The highest BCUT2D eigenvalue weighted by Gasteiger charge is 2.21. The van der Waals surface area contributed by atoms with Crippen molar-refractivity contribution in [3.63, 3.8) is 0 Å². The third-order valence-electron chi connectivity index (χ3n) is 3.89. The Morgan fingerprint density at radius 1 is 1.24 bits per heavy atom. The van der Waals surface area contributed by atoms with E-state index in [4.69, 9.17) is 0 Å². The maximum absolute atomic E-state index is 3.93. The lowest BCUT2D eigenvalue weighted by molar-refractivity contribution is 0.218. The van der Waals surface area contributed by atoms with Crippen molar-refractivity contribution < 1.29 is 0 Å². The van der Waals surface area contributed by atoms with Gasteiger partial charge in [0.2, 0.25) is 0 Å². The second-order valence-corrected chi connectivity index (χ2v) is 4.96. The topological polar surface area (TPSA) is 6.48 Å². The highest BCUT2D eigenvalue weighted by molar-refractivity contribution is 5.48. The summed E-state index contributed by atoms with van der Waals surface area (Å²) < 4.78 is 0. The average Bonchev–Trinajstić information content (AvgIpc) is 2.39. The molecular weight excluding hydrogens is 208 g/mol. The number of benzene rings is 1. The van der Waals surface area contributed by atoms with E-state index < -0.39 is 0 Å². The van der Waals surface area contributed by atoms with Crippen LogP contribution in [0.2, 0.25) is 0 Å². The van der Waals surface area contributed by atoms with E-state index in [1.807, 2.05) is 0 Å². The van der Waals surface area contributed by atoms with Gasteiger partial charge in [-0.05, 0) is 51.1 Å². The lowest BCUT2D eigenvalue weighted by Gasteiger charge is -2.37. The summed E-state index contributed by atoms with van der Waals surface area (Å²) in [5.41, 5.74) is 2.43. The van der Waals surface area contributed by atoms with Crippen molar-refractivity contribution in [2.24, 2.45) is 0 Å². The fourth-order valence-corrected chi connectivity index (χ4v) is 2.53. The van der Waals surface area contributed by atoms with Gasteiger partial charge in [-0.3, -0.25) is 0 Å². The van der Waals surface area contributed by atoms with Crippen LogP contribution < -0.4 is 4.90 Å². The molecule has 93 valence electrons. The van der Waals surface area contributed by atoms with Gasteiger partial charge in [0.05, 0.1) is 0 Å². The average molecular weight is 231 g/mol. The molecule has 0 saturated carbocycles. The van der Waals surface area contributed by atoms with Crippen LogP contribution in [0.1, 0.15) is 25.3 Å². The van der Waals surface area contributed by atoms with Crippen molar-refractivity contribution in [3.8, 4) is 0 Å². The summed E-state index contributed by atoms with van der Waals surface area (Å²) in [6.07, 6.45) is 2.55. The zero-order valence-electron chi connectivity index (χ0n) is 11.0. The van der Waals surface area contributed by atoms with Crippen LogP contribution >= 0.6 is 0 Å². The van der Waals surface area contributed by atoms with Crippen LogP contribution in [0.4, 0.5) is 5.69 Å². The van der Waals surface area contributed by atoms with E-state index in [1.54, 1.807) is 0 Å². The molecule has 2 heteroatoms. The second-order valence-electron chi connectivity index (χ2n) is 4.96. The Hall–Kier alpha value is -1.02. The van der Waals surface area contributed by atoms with E-state index in [1.165, 1.54) is 31.6 Å². The van der Waals surface area contributed by atoms with Crippen LogP contribution in [0.5, 0.6) is 0 Å². The summed E-state index contributed by atoms with van der Waals surface area (Å²) in [5, 5.41) is 0. The number of hydrogen-bond acceptors (Lipinski definition) is 2. The van der Waals surface area contributed by atoms with Gasteiger partial charge in [0.15, 0.2) is 0 Å². The molecule has 0 spiro atoms. The quantitative estimate of drug-likeness (QED) is 0.789. The number of nitrogens with zero attached hydrogens (tertiary/aromatic N) is 2. The Morgan fingerprint density at radius 2 is 1.82 bits per heavy atom. The molecule has 0 amide bonds. The van der Waals surface area contributed by atoms with Gasteiger partial charge in [0, 0.05) is 24.8 Å².